The van der Waals surface area contributed by atoms with E-state index in [1.54, 1.807) is 0 Å². The Kier molecular flexibility index (Phi) is 5.04. The number of hydrogen-bond acceptors (Lipinski definition) is 5. The molecular formula is C20H25N3O3. The smallest absolute Gasteiger partial charge is 0.276 e. The van der Waals surface area contributed by atoms with E-state index in [0.29, 0.717) is 17.5 Å². The van der Waals surface area contributed by atoms with E-state index in [9.17, 15) is 9.90 Å². The van der Waals surface area contributed by atoms with Crippen molar-refractivity contribution < 1.29 is 14.3 Å². The number of rotatable bonds is 3. The molecule has 0 bridgehead atoms. The van der Waals surface area contributed by atoms with Crippen LogP contribution in [0.25, 0.3) is 11.3 Å². The van der Waals surface area contributed by atoms with Gasteiger partial charge in [-0.15, -0.1) is 0 Å². The minimum absolute atomic E-state index is 0.0508. The van der Waals surface area contributed by atoms with Gasteiger partial charge in [-0.3, -0.25) is 4.79 Å². The molecule has 1 aromatic heterocycles. The highest BCUT2D eigenvalue weighted by Gasteiger charge is 2.31. The fraction of sp³-hybridized carbons (Fsp3) is 0.500. The Hall–Kier alpha value is -2.18. The standard InChI is InChI=1S/C20H25N3O3/c24-17-8-12-22(13-9-17)16-6-10-23(11-7-16)20(25)18-19(26-14-21-18)15-4-2-1-3-5-15/h1-5,14,16-17,24H,6-13H2. The van der Waals surface area contributed by atoms with Gasteiger partial charge in [-0.1, -0.05) is 30.3 Å². The molecule has 0 radical (unpaired) electrons. The number of amides is 1. The lowest BCUT2D eigenvalue weighted by Gasteiger charge is -2.41. The van der Waals surface area contributed by atoms with E-state index >= 15 is 0 Å². The Morgan fingerprint density at radius 3 is 2.42 bits per heavy atom. The largest absolute Gasteiger partial charge is 0.443 e. The Balaban J connectivity index is 1.40. The number of aliphatic hydroxyl groups is 1. The highest BCUT2D eigenvalue weighted by atomic mass is 16.3. The molecule has 0 unspecified atom stereocenters. The van der Waals surface area contributed by atoms with E-state index in [-0.39, 0.29) is 12.0 Å². The maximum Gasteiger partial charge on any atom is 0.276 e. The number of benzene rings is 1. The molecule has 1 amide bonds. The van der Waals surface area contributed by atoms with Crippen molar-refractivity contribution in [1.29, 1.82) is 0 Å². The first-order valence-corrected chi connectivity index (χ1v) is 9.42. The summed E-state index contributed by atoms with van der Waals surface area (Å²) in [4.78, 5) is 21.5. The van der Waals surface area contributed by atoms with Crippen molar-refractivity contribution in [3.63, 3.8) is 0 Å². The molecule has 3 heterocycles. The van der Waals surface area contributed by atoms with Crippen molar-refractivity contribution in [3.8, 4) is 11.3 Å². The zero-order valence-corrected chi connectivity index (χ0v) is 14.9. The summed E-state index contributed by atoms with van der Waals surface area (Å²) in [5, 5.41) is 9.67. The van der Waals surface area contributed by atoms with Crippen LogP contribution in [-0.4, -0.2) is 64.1 Å². The summed E-state index contributed by atoms with van der Waals surface area (Å²) in [7, 11) is 0. The quantitative estimate of drug-likeness (QED) is 0.916. The zero-order chi connectivity index (χ0) is 17.9. The van der Waals surface area contributed by atoms with Crippen LogP contribution in [0, 0.1) is 0 Å². The topological polar surface area (TPSA) is 69.8 Å². The summed E-state index contributed by atoms with van der Waals surface area (Å²) < 4.78 is 5.50. The SMILES string of the molecule is O=C(c1ncoc1-c1ccccc1)N1CCC(N2CCC(O)CC2)CC1. The second-order valence-corrected chi connectivity index (χ2v) is 7.19. The fourth-order valence-electron chi connectivity index (χ4n) is 4.03. The van der Waals surface area contributed by atoms with Crippen LogP contribution in [0.5, 0.6) is 0 Å². The summed E-state index contributed by atoms with van der Waals surface area (Å²) in [6, 6.07) is 10.1. The van der Waals surface area contributed by atoms with Crippen molar-refractivity contribution >= 4 is 5.91 Å². The number of nitrogens with zero attached hydrogens (tertiary/aromatic N) is 3. The van der Waals surface area contributed by atoms with Crippen molar-refractivity contribution in [1.82, 2.24) is 14.8 Å². The first kappa shape index (κ1) is 17.2. The van der Waals surface area contributed by atoms with Crippen LogP contribution in [0.1, 0.15) is 36.2 Å². The van der Waals surface area contributed by atoms with Gasteiger partial charge in [0.2, 0.25) is 0 Å². The number of carbonyl (C=O) groups excluding carboxylic acids is 1. The van der Waals surface area contributed by atoms with E-state index in [1.807, 2.05) is 35.2 Å². The summed E-state index contributed by atoms with van der Waals surface area (Å²) in [6.45, 7) is 3.40. The number of oxazole rings is 1. The molecule has 2 aromatic rings. The van der Waals surface area contributed by atoms with Gasteiger partial charge in [-0.05, 0) is 25.7 Å². The second-order valence-electron chi connectivity index (χ2n) is 7.19. The minimum Gasteiger partial charge on any atom is -0.443 e. The van der Waals surface area contributed by atoms with E-state index in [4.69, 9.17) is 4.42 Å². The monoisotopic (exact) mass is 355 g/mol. The Morgan fingerprint density at radius 1 is 1.04 bits per heavy atom. The van der Waals surface area contributed by atoms with E-state index in [1.165, 1.54) is 6.39 Å². The lowest BCUT2D eigenvalue weighted by molar-refractivity contribution is 0.0355. The van der Waals surface area contributed by atoms with Crippen LogP contribution in [0.3, 0.4) is 0 Å². The van der Waals surface area contributed by atoms with Gasteiger partial charge in [-0.25, -0.2) is 4.98 Å². The number of carbonyl (C=O) groups is 1. The predicted molar refractivity (Wildman–Crippen MR) is 97.7 cm³/mol. The van der Waals surface area contributed by atoms with E-state index in [2.05, 4.69) is 9.88 Å². The lowest BCUT2D eigenvalue weighted by atomic mass is 9.98. The minimum atomic E-state index is -0.142. The molecule has 2 aliphatic rings. The third-order valence-corrected chi connectivity index (χ3v) is 5.57. The lowest BCUT2D eigenvalue weighted by Crippen LogP contribution is -2.49. The molecule has 2 aliphatic heterocycles. The number of piperidine rings is 2. The van der Waals surface area contributed by atoms with Gasteiger partial charge in [0.25, 0.3) is 5.91 Å². The molecule has 4 rings (SSSR count). The first-order valence-electron chi connectivity index (χ1n) is 9.42. The van der Waals surface area contributed by atoms with E-state index in [0.717, 1.165) is 57.4 Å². The molecule has 2 saturated heterocycles. The van der Waals surface area contributed by atoms with E-state index < -0.39 is 0 Å². The molecular weight excluding hydrogens is 330 g/mol. The third kappa shape index (κ3) is 3.52. The van der Waals surface area contributed by atoms with Crippen LogP contribution >= 0.6 is 0 Å². The maximum atomic E-state index is 12.9. The van der Waals surface area contributed by atoms with Gasteiger partial charge in [0, 0.05) is 37.8 Å². The van der Waals surface area contributed by atoms with Gasteiger partial charge < -0.3 is 19.3 Å². The highest BCUT2D eigenvalue weighted by Crippen LogP contribution is 2.26. The Labute approximate surface area is 153 Å². The molecule has 0 saturated carbocycles. The summed E-state index contributed by atoms with van der Waals surface area (Å²) in [6.07, 6.45) is 4.87. The molecule has 0 atom stereocenters. The van der Waals surface area contributed by atoms with Crippen LogP contribution in [0.2, 0.25) is 0 Å². The Bertz CT molecular complexity index is 730. The first-order chi connectivity index (χ1) is 12.7. The number of hydrogen-bond donors (Lipinski definition) is 1. The average molecular weight is 355 g/mol. The normalized spacial score (nSPS) is 20.4. The summed E-state index contributed by atoms with van der Waals surface area (Å²) >= 11 is 0. The summed E-state index contributed by atoms with van der Waals surface area (Å²) in [5.74, 6) is 0.493. The van der Waals surface area contributed by atoms with Crippen molar-refractivity contribution in [2.75, 3.05) is 26.2 Å². The van der Waals surface area contributed by atoms with Gasteiger partial charge in [-0.2, -0.15) is 0 Å². The summed E-state index contributed by atoms with van der Waals surface area (Å²) in [5.41, 5.74) is 1.27. The molecule has 0 aliphatic carbocycles. The number of aromatic nitrogens is 1. The third-order valence-electron chi connectivity index (χ3n) is 5.57. The molecule has 6 heteroatoms. The van der Waals surface area contributed by atoms with Gasteiger partial charge in [0.1, 0.15) is 0 Å². The molecule has 26 heavy (non-hydrogen) atoms. The predicted octanol–water partition coefficient (Wildman–Crippen LogP) is 2.40. The molecule has 1 aromatic carbocycles. The Morgan fingerprint density at radius 2 is 1.73 bits per heavy atom. The van der Waals surface area contributed by atoms with Crippen LogP contribution in [-0.2, 0) is 0 Å². The van der Waals surface area contributed by atoms with Gasteiger partial charge >= 0.3 is 0 Å². The average Bonchev–Trinajstić information content (AvgIpc) is 3.19. The number of likely N-dealkylation sites (tertiary alicyclic amines) is 2. The van der Waals surface area contributed by atoms with Gasteiger partial charge in [0.05, 0.1) is 6.10 Å². The highest BCUT2D eigenvalue weighted by molar-refractivity contribution is 5.97. The van der Waals surface area contributed by atoms with Crippen molar-refractivity contribution in [2.24, 2.45) is 0 Å². The zero-order valence-electron chi connectivity index (χ0n) is 14.9. The fourth-order valence-corrected chi connectivity index (χ4v) is 4.03. The van der Waals surface area contributed by atoms with Gasteiger partial charge in [0.15, 0.2) is 17.8 Å². The van der Waals surface area contributed by atoms with Crippen LogP contribution in [0.15, 0.2) is 41.1 Å². The molecule has 2 fully saturated rings. The molecule has 138 valence electrons. The molecule has 6 nitrogen and oxygen atoms in total. The molecule has 1 N–H and O–H groups in total. The number of aliphatic hydroxyl groups excluding tert-OH is 1. The van der Waals surface area contributed by atoms with Crippen LogP contribution in [0.4, 0.5) is 0 Å². The second kappa shape index (κ2) is 7.60. The maximum absolute atomic E-state index is 12.9. The van der Waals surface area contributed by atoms with Crippen molar-refractivity contribution in [2.45, 2.75) is 37.8 Å². The van der Waals surface area contributed by atoms with Crippen LogP contribution < -0.4 is 0 Å². The molecule has 0 spiro atoms. The van der Waals surface area contributed by atoms with Crippen molar-refractivity contribution in [3.05, 3.63) is 42.4 Å².